The van der Waals surface area contributed by atoms with Crippen molar-refractivity contribution in [2.45, 2.75) is 33.1 Å². The number of carbonyl (C=O) groups is 3. The maximum Gasteiger partial charge on any atom is 0.286 e. The molecule has 3 amide bonds. The maximum atomic E-state index is 12.9. The van der Waals surface area contributed by atoms with Crippen molar-refractivity contribution in [1.29, 1.82) is 0 Å². The molecule has 0 aliphatic carbocycles. The minimum Gasteiger partial charge on any atom is -0.337 e. The Morgan fingerprint density at radius 2 is 1.69 bits per heavy atom. The normalized spacial score (nSPS) is 14.0. The molecule has 2 heterocycles. The molecular formula is C25H26ClN5O3S. The number of nitrogens with one attached hydrogen (secondary N) is 2. The number of piperidine rings is 1. The number of likely N-dealkylation sites (tertiary alicyclic amines) is 1. The van der Waals surface area contributed by atoms with Crippen LogP contribution in [0.15, 0.2) is 42.5 Å². The summed E-state index contributed by atoms with van der Waals surface area (Å²) in [6, 6.07) is 12.6. The smallest absolute Gasteiger partial charge is 0.286 e. The molecule has 0 atom stereocenters. The summed E-state index contributed by atoms with van der Waals surface area (Å²) in [5.74, 6) is -0.480. The number of benzene rings is 2. The highest BCUT2D eigenvalue weighted by atomic mass is 35.5. The third-order valence-electron chi connectivity index (χ3n) is 6.16. The molecule has 182 valence electrons. The molecule has 0 spiro atoms. The van der Waals surface area contributed by atoms with E-state index in [4.69, 9.17) is 11.6 Å². The number of halogens is 1. The second kappa shape index (κ2) is 11.0. The van der Waals surface area contributed by atoms with Crippen LogP contribution >= 0.6 is 22.9 Å². The van der Waals surface area contributed by atoms with Crippen LogP contribution in [-0.4, -0.2) is 45.9 Å². The first-order valence-electron chi connectivity index (χ1n) is 11.4. The molecule has 0 saturated carbocycles. The number of amides is 3. The fraction of sp³-hybridized carbons (Fsp3) is 0.320. The summed E-state index contributed by atoms with van der Waals surface area (Å²) in [6.07, 6.45) is 1.88. The van der Waals surface area contributed by atoms with Crippen LogP contribution in [0.25, 0.3) is 0 Å². The van der Waals surface area contributed by atoms with Gasteiger partial charge >= 0.3 is 0 Å². The summed E-state index contributed by atoms with van der Waals surface area (Å²) in [5, 5.41) is 14.4. The second-order valence-electron chi connectivity index (χ2n) is 8.61. The van der Waals surface area contributed by atoms with E-state index >= 15 is 0 Å². The summed E-state index contributed by atoms with van der Waals surface area (Å²) in [4.78, 5) is 39.6. The molecule has 0 unspecified atom stereocenters. The van der Waals surface area contributed by atoms with E-state index in [0.29, 0.717) is 30.2 Å². The lowest BCUT2D eigenvalue weighted by molar-refractivity contribution is -0.117. The van der Waals surface area contributed by atoms with Gasteiger partial charge in [-0.1, -0.05) is 35.1 Å². The van der Waals surface area contributed by atoms with Crippen molar-refractivity contribution in [3.8, 4) is 0 Å². The number of hydrogen-bond acceptors (Lipinski definition) is 6. The first-order chi connectivity index (χ1) is 16.8. The third kappa shape index (κ3) is 6.23. The lowest BCUT2D eigenvalue weighted by atomic mass is 9.93. The van der Waals surface area contributed by atoms with Gasteiger partial charge in [0.25, 0.3) is 11.8 Å². The summed E-state index contributed by atoms with van der Waals surface area (Å²) in [6.45, 7) is 5.08. The number of hydrogen-bond donors (Lipinski definition) is 2. The van der Waals surface area contributed by atoms with Crippen LogP contribution in [0.5, 0.6) is 0 Å². The van der Waals surface area contributed by atoms with Gasteiger partial charge in [0.15, 0.2) is 0 Å². The number of rotatable bonds is 6. The lowest BCUT2D eigenvalue weighted by Gasteiger charge is -2.31. The largest absolute Gasteiger partial charge is 0.337 e. The molecule has 2 aromatic carbocycles. The fourth-order valence-corrected chi connectivity index (χ4v) is 4.78. The Kier molecular flexibility index (Phi) is 7.77. The fourth-order valence-electron chi connectivity index (χ4n) is 3.94. The van der Waals surface area contributed by atoms with E-state index in [2.05, 4.69) is 20.8 Å². The third-order valence-corrected chi connectivity index (χ3v) is 7.32. The molecule has 4 rings (SSSR count). The topological polar surface area (TPSA) is 104 Å². The highest BCUT2D eigenvalue weighted by molar-refractivity contribution is 7.15. The molecule has 1 aliphatic heterocycles. The van der Waals surface area contributed by atoms with E-state index in [9.17, 15) is 14.4 Å². The number of aromatic nitrogens is 2. The number of nitrogens with zero attached hydrogens (tertiary/aromatic N) is 3. The van der Waals surface area contributed by atoms with Crippen molar-refractivity contribution in [2.24, 2.45) is 5.92 Å². The lowest BCUT2D eigenvalue weighted by Crippen LogP contribution is -2.39. The van der Waals surface area contributed by atoms with E-state index in [-0.39, 0.29) is 27.7 Å². The van der Waals surface area contributed by atoms with Gasteiger partial charge in [0, 0.05) is 35.9 Å². The molecule has 1 saturated heterocycles. The highest BCUT2D eigenvalue weighted by Crippen LogP contribution is 2.25. The van der Waals surface area contributed by atoms with Crippen LogP contribution in [0.1, 0.15) is 50.0 Å². The van der Waals surface area contributed by atoms with E-state index in [1.165, 1.54) is 0 Å². The first-order valence-corrected chi connectivity index (χ1v) is 12.6. The quantitative estimate of drug-likeness (QED) is 0.487. The predicted molar refractivity (Wildman–Crippen MR) is 137 cm³/mol. The van der Waals surface area contributed by atoms with Crippen molar-refractivity contribution in [3.63, 3.8) is 0 Å². The van der Waals surface area contributed by atoms with Gasteiger partial charge in [-0.25, -0.2) is 0 Å². The van der Waals surface area contributed by atoms with Crippen LogP contribution in [0, 0.1) is 19.8 Å². The zero-order valence-corrected chi connectivity index (χ0v) is 21.1. The Morgan fingerprint density at radius 1 is 1.00 bits per heavy atom. The van der Waals surface area contributed by atoms with Crippen LogP contribution in [0.3, 0.4) is 0 Å². The molecule has 3 aromatic rings. The summed E-state index contributed by atoms with van der Waals surface area (Å²) in [7, 11) is 0. The van der Waals surface area contributed by atoms with E-state index in [0.717, 1.165) is 41.0 Å². The Labute approximate surface area is 212 Å². The summed E-state index contributed by atoms with van der Waals surface area (Å²) in [5.41, 5.74) is 3.62. The molecule has 10 heteroatoms. The van der Waals surface area contributed by atoms with Gasteiger partial charge < -0.3 is 15.5 Å². The number of aryl methyl sites for hydroxylation is 1. The highest BCUT2D eigenvalue weighted by Gasteiger charge is 2.28. The minimum atomic E-state index is -0.433. The van der Waals surface area contributed by atoms with Crippen LogP contribution in [-0.2, 0) is 4.79 Å². The number of anilines is 2. The van der Waals surface area contributed by atoms with Gasteiger partial charge in [0.1, 0.15) is 0 Å². The van der Waals surface area contributed by atoms with Crippen molar-refractivity contribution < 1.29 is 14.4 Å². The molecule has 2 N–H and O–H groups in total. The molecule has 1 aliphatic rings. The monoisotopic (exact) mass is 511 g/mol. The molecule has 1 aromatic heterocycles. The zero-order chi connectivity index (χ0) is 24.9. The predicted octanol–water partition coefficient (Wildman–Crippen LogP) is 4.94. The van der Waals surface area contributed by atoms with Crippen molar-refractivity contribution in [3.05, 3.63) is 68.6 Å². The van der Waals surface area contributed by atoms with Crippen molar-refractivity contribution >= 4 is 52.0 Å². The summed E-state index contributed by atoms with van der Waals surface area (Å²) < 4.78 is 0. The average molecular weight is 512 g/mol. The SMILES string of the molecule is Cc1cccc(NC(=O)CC2CCN(C(=O)c3nnc(C(=O)Nc4ccc(Cl)cc4)s3)CC2)c1C. The van der Waals surface area contributed by atoms with Crippen molar-refractivity contribution in [2.75, 3.05) is 23.7 Å². The van der Waals surface area contributed by atoms with Gasteiger partial charge in [-0.05, 0) is 74.1 Å². The van der Waals surface area contributed by atoms with Crippen LogP contribution < -0.4 is 10.6 Å². The maximum absolute atomic E-state index is 12.9. The van der Waals surface area contributed by atoms with Gasteiger partial charge in [0.2, 0.25) is 15.9 Å². The molecular weight excluding hydrogens is 486 g/mol. The van der Waals surface area contributed by atoms with E-state index in [1.807, 2.05) is 32.0 Å². The van der Waals surface area contributed by atoms with Gasteiger partial charge in [-0.3, -0.25) is 14.4 Å². The van der Waals surface area contributed by atoms with Gasteiger partial charge in [-0.2, -0.15) is 0 Å². The van der Waals surface area contributed by atoms with E-state index < -0.39 is 5.91 Å². The second-order valence-corrected chi connectivity index (χ2v) is 10.0. The minimum absolute atomic E-state index is 0.0102. The zero-order valence-electron chi connectivity index (χ0n) is 19.5. The molecule has 8 nitrogen and oxygen atoms in total. The Morgan fingerprint density at radius 3 is 2.40 bits per heavy atom. The Hall–Kier alpha value is -3.30. The van der Waals surface area contributed by atoms with Gasteiger partial charge in [0.05, 0.1) is 0 Å². The first kappa shape index (κ1) is 24.8. The Bertz CT molecular complexity index is 1240. The average Bonchev–Trinajstić information content (AvgIpc) is 3.34. The van der Waals surface area contributed by atoms with Crippen LogP contribution in [0.2, 0.25) is 5.02 Å². The molecule has 1 fully saturated rings. The van der Waals surface area contributed by atoms with E-state index in [1.54, 1.807) is 29.2 Å². The standard InChI is InChI=1S/C25H26ClN5O3S/c1-15-4-3-5-20(16(15)2)28-21(32)14-17-10-12-31(13-11-17)25(34)24-30-29-23(35-24)22(33)27-19-8-6-18(26)7-9-19/h3-9,17H,10-14H2,1-2H3,(H,27,33)(H,28,32). The van der Waals surface area contributed by atoms with Crippen molar-refractivity contribution in [1.82, 2.24) is 15.1 Å². The van der Waals surface area contributed by atoms with Gasteiger partial charge in [-0.15, -0.1) is 10.2 Å². The molecule has 35 heavy (non-hydrogen) atoms. The Balaban J connectivity index is 1.27. The number of carbonyl (C=O) groups excluding carboxylic acids is 3. The molecule has 0 bridgehead atoms. The summed E-state index contributed by atoms with van der Waals surface area (Å²) >= 11 is 6.82. The van der Waals surface area contributed by atoms with Crippen LogP contribution in [0.4, 0.5) is 11.4 Å². The molecule has 0 radical (unpaired) electrons.